The van der Waals surface area contributed by atoms with Crippen LogP contribution in [0.2, 0.25) is 0 Å². The van der Waals surface area contributed by atoms with Gasteiger partial charge in [-0.25, -0.2) is 0 Å². The highest BCUT2D eigenvalue weighted by atomic mass is 16.5. The van der Waals surface area contributed by atoms with Crippen LogP contribution in [0.4, 0.5) is 0 Å². The third kappa shape index (κ3) is 1.93. The molecule has 1 aromatic carbocycles. The summed E-state index contributed by atoms with van der Waals surface area (Å²) < 4.78 is 5.21. The van der Waals surface area contributed by atoms with Crippen LogP contribution in [0.15, 0.2) is 24.3 Å². The summed E-state index contributed by atoms with van der Waals surface area (Å²) in [6.07, 6.45) is 1.80. The Morgan fingerprint density at radius 3 is 3.00 bits per heavy atom. The summed E-state index contributed by atoms with van der Waals surface area (Å²) in [6.45, 7) is 4.46. The van der Waals surface area contributed by atoms with E-state index in [-0.39, 0.29) is 17.8 Å². The largest absolute Gasteiger partial charge is 0.466 e. The summed E-state index contributed by atoms with van der Waals surface area (Å²) in [5.41, 5.74) is 3.76. The van der Waals surface area contributed by atoms with E-state index in [9.17, 15) is 4.79 Å². The predicted molar refractivity (Wildman–Crippen MR) is 75.2 cm³/mol. The number of esters is 1. The van der Waals surface area contributed by atoms with E-state index in [4.69, 9.17) is 4.74 Å². The molecule has 1 aromatic heterocycles. The van der Waals surface area contributed by atoms with Crippen molar-refractivity contribution >= 4 is 16.9 Å². The van der Waals surface area contributed by atoms with Crippen LogP contribution in [-0.2, 0) is 16.0 Å². The van der Waals surface area contributed by atoms with Gasteiger partial charge in [0.15, 0.2) is 0 Å². The second-order valence-electron chi connectivity index (χ2n) is 5.25. The third-order valence-corrected chi connectivity index (χ3v) is 4.18. The Bertz CT molecular complexity index is 614. The lowest BCUT2D eigenvalue weighted by molar-refractivity contribution is -0.149. The number of H-pyrrole nitrogens is 1. The summed E-state index contributed by atoms with van der Waals surface area (Å²) in [4.78, 5) is 15.5. The maximum atomic E-state index is 12.0. The molecule has 0 unspecified atom stereocenters. The molecule has 0 amide bonds. The molecule has 1 aliphatic carbocycles. The fourth-order valence-corrected chi connectivity index (χ4v) is 3.26. The summed E-state index contributed by atoms with van der Waals surface area (Å²) in [5, 5.41) is 1.25. The molecule has 1 heterocycles. The number of aromatic nitrogens is 1. The number of para-hydroxylation sites is 1. The average molecular weight is 257 g/mol. The van der Waals surface area contributed by atoms with Crippen molar-refractivity contribution < 1.29 is 9.53 Å². The number of ether oxygens (including phenoxy) is 1. The lowest BCUT2D eigenvalue weighted by Gasteiger charge is -2.27. The molecule has 3 rings (SSSR count). The normalized spacial score (nSPS) is 22.2. The second-order valence-corrected chi connectivity index (χ2v) is 5.25. The summed E-state index contributed by atoms with van der Waals surface area (Å²) >= 11 is 0. The molecule has 0 saturated heterocycles. The van der Waals surface area contributed by atoms with Crippen LogP contribution >= 0.6 is 0 Å². The number of benzene rings is 1. The number of hydrogen-bond acceptors (Lipinski definition) is 2. The maximum Gasteiger partial charge on any atom is 0.309 e. The molecule has 0 spiro atoms. The molecule has 100 valence electrons. The van der Waals surface area contributed by atoms with E-state index in [1.165, 1.54) is 22.2 Å². The number of carbonyl (C=O) groups excluding carboxylic acids is 1. The number of hydrogen-bond donors (Lipinski definition) is 1. The predicted octanol–water partition coefficient (Wildman–Crippen LogP) is 3.40. The molecule has 2 aromatic rings. The van der Waals surface area contributed by atoms with Crippen LogP contribution < -0.4 is 0 Å². The quantitative estimate of drug-likeness (QED) is 0.838. The number of aromatic amines is 1. The van der Waals surface area contributed by atoms with Gasteiger partial charge in [0.05, 0.1) is 12.5 Å². The first-order chi connectivity index (χ1) is 9.22. The molecule has 3 nitrogen and oxygen atoms in total. The zero-order valence-electron chi connectivity index (χ0n) is 11.4. The van der Waals surface area contributed by atoms with Gasteiger partial charge in [0.25, 0.3) is 0 Å². The minimum absolute atomic E-state index is 0.00773. The molecule has 0 radical (unpaired) electrons. The van der Waals surface area contributed by atoms with E-state index >= 15 is 0 Å². The van der Waals surface area contributed by atoms with Gasteiger partial charge >= 0.3 is 5.97 Å². The first-order valence-corrected chi connectivity index (χ1v) is 6.98. The van der Waals surface area contributed by atoms with Crippen molar-refractivity contribution in [1.29, 1.82) is 0 Å². The van der Waals surface area contributed by atoms with E-state index in [0.717, 1.165) is 12.8 Å². The summed E-state index contributed by atoms with van der Waals surface area (Å²) in [6, 6.07) is 8.32. The van der Waals surface area contributed by atoms with Crippen LogP contribution in [-0.4, -0.2) is 17.6 Å². The van der Waals surface area contributed by atoms with Gasteiger partial charge in [0.1, 0.15) is 0 Å². The minimum atomic E-state index is -0.0501. The Morgan fingerprint density at radius 1 is 1.42 bits per heavy atom. The Labute approximate surface area is 113 Å². The van der Waals surface area contributed by atoms with E-state index < -0.39 is 0 Å². The SMILES string of the molecule is CCOC(=O)[C@H]1CCc2[nH]c3ccccc3c2[C@@H]1C. The van der Waals surface area contributed by atoms with Gasteiger partial charge in [0.2, 0.25) is 0 Å². The molecule has 1 aliphatic rings. The Hall–Kier alpha value is -1.77. The molecule has 1 N–H and O–H groups in total. The Balaban J connectivity index is 2.02. The Morgan fingerprint density at radius 2 is 2.21 bits per heavy atom. The van der Waals surface area contributed by atoms with Crippen molar-refractivity contribution in [2.75, 3.05) is 6.61 Å². The topological polar surface area (TPSA) is 42.1 Å². The van der Waals surface area contributed by atoms with Crippen LogP contribution in [0.25, 0.3) is 10.9 Å². The molecule has 0 fully saturated rings. The van der Waals surface area contributed by atoms with Crippen molar-refractivity contribution in [3.05, 3.63) is 35.5 Å². The molecule has 19 heavy (non-hydrogen) atoms. The highest BCUT2D eigenvalue weighted by molar-refractivity contribution is 5.87. The van der Waals surface area contributed by atoms with Crippen LogP contribution in [0, 0.1) is 5.92 Å². The van der Waals surface area contributed by atoms with Gasteiger partial charge < -0.3 is 9.72 Å². The fourth-order valence-electron chi connectivity index (χ4n) is 3.26. The van der Waals surface area contributed by atoms with Crippen molar-refractivity contribution in [3.63, 3.8) is 0 Å². The number of fused-ring (bicyclic) bond motifs is 3. The monoisotopic (exact) mass is 257 g/mol. The zero-order valence-corrected chi connectivity index (χ0v) is 11.4. The number of aryl methyl sites for hydroxylation is 1. The molecule has 0 bridgehead atoms. The molecule has 2 atom stereocenters. The number of rotatable bonds is 2. The number of carbonyl (C=O) groups is 1. The lowest BCUT2D eigenvalue weighted by atomic mass is 9.78. The first kappa shape index (κ1) is 12.3. The van der Waals surface area contributed by atoms with Gasteiger partial charge in [-0.2, -0.15) is 0 Å². The molecule has 3 heteroatoms. The van der Waals surface area contributed by atoms with Crippen LogP contribution in [0.1, 0.15) is 37.4 Å². The second kappa shape index (κ2) is 4.72. The fraction of sp³-hybridized carbons (Fsp3) is 0.438. The van der Waals surface area contributed by atoms with Gasteiger partial charge in [-0.05, 0) is 37.3 Å². The van der Waals surface area contributed by atoms with Crippen LogP contribution in [0.5, 0.6) is 0 Å². The first-order valence-electron chi connectivity index (χ1n) is 6.98. The zero-order chi connectivity index (χ0) is 13.4. The van der Waals surface area contributed by atoms with E-state index in [2.05, 4.69) is 30.1 Å². The Kier molecular flexibility index (Phi) is 3.05. The average Bonchev–Trinajstić information content (AvgIpc) is 2.78. The van der Waals surface area contributed by atoms with E-state index in [1.807, 2.05) is 13.0 Å². The van der Waals surface area contributed by atoms with Gasteiger partial charge in [0, 0.05) is 16.6 Å². The molecular weight excluding hydrogens is 238 g/mol. The van der Waals surface area contributed by atoms with Crippen molar-refractivity contribution in [3.8, 4) is 0 Å². The van der Waals surface area contributed by atoms with Gasteiger partial charge in [-0.1, -0.05) is 25.1 Å². The standard InChI is InChI=1S/C16H19NO2/c1-3-19-16(18)11-8-9-14-15(10(11)2)12-6-4-5-7-13(12)17-14/h4-7,10-11,17H,3,8-9H2,1-2H3/t10-,11+/m1/s1. The molecular formula is C16H19NO2. The minimum Gasteiger partial charge on any atom is -0.466 e. The smallest absolute Gasteiger partial charge is 0.309 e. The van der Waals surface area contributed by atoms with Crippen molar-refractivity contribution in [2.24, 2.45) is 5.92 Å². The van der Waals surface area contributed by atoms with Crippen LogP contribution in [0.3, 0.4) is 0 Å². The van der Waals surface area contributed by atoms with Crippen molar-refractivity contribution in [1.82, 2.24) is 4.98 Å². The van der Waals surface area contributed by atoms with E-state index in [1.54, 1.807) is 0 Å². The van der Waals surface area contributed by atoms with Gasteiger partial charge in [-0.3, -0.25) is 4.79 Å². The molecule has 0 saturated carbocycles. The summed E-state index contributed by atoms with van der Waals surface area (Å²) in [7, 11) is 0. The third-order valence-electron chi connectivity index (χ3n) is 4.18. The maximum absolute atomic E-state index is 12.0. The highest BCUT2D eigenvalue weighted by Gasteiger charge is 2.34. The molecule has 0 aliphatic heterocycles. The number of nitrogens with one attached hydrogen (secondary N) is 1. The highest BCUT2D eigenvalue weighted by Crippen LogP contribution is 2.40. The van der Waals surface area contributed by atoms with Crippen molar-refractivity contribution in [2.45, 2.75) is 32.6 Å². The lowest BCUT2D eigenvalue weighted by Crippen LogP contribution is -2.27. The summed E-state index contributed by atoms with van der Waals surface area (Å²) in [5.74, 6) is 0.163. The van der Waals surface area contributed by atoms with Gasteiger partial charge in [-0.15, -0.1) is 0 Å². The van der Waals surface area contributed by atoms with E-state index in [0.29, 0.717) is 6.61 Å².